The van der Waals surface area contributed by atoms with Gasteiger partial charge in [-0.1, -0.05) is 0 Å². The number of carbonyl (C=O) groups is 1. The topological polar surface area (TPSA) is 85.7 Å². The van der Waals surface area contributed by atoms with Crippen molar-refractivity contribution in [2.45, 2.75) is 37.9 Å². The molecule has 7 nitrogen and oxygen atoms in total. The van der Waals surface area contributed by atoms with Crippen molar-refractivity contribution in [1.82, 2.24) is 20.4 Å². The molecule has 2 aliphatic rings. The van der Waals surface area contributed by atoms with Gasteiger partial charge in [-0.05, 0) is 7.05 Å². The highest BCUT2D eigenvalue weighted by Gasteiger charge is 2.38. The fourth-order valence-corrected chi connectivity index (χ4v) is 2.75. The van der Waals surface area contributed by atoms with Crippen LogP contribution >= 0.6 is 0 Å². The van der Waals surface area contributed by atoms with Gasteiger partial charge in [0.05, 0.1) is 0 Å². The fraction of sp³-hybridized carbons (Fsp3) is 0.600. The third-order valence-electron chi connectivity index (χ3n) is 4.20. The molecule has 0 aliphatic carbocycles. The van der Waals surface area contributed by atoms with E-state index in [0.717, 1.165) is 37.2 Å². The minimum absolute atomic E-state index is 0.138. The van der Waals surface area contributed by atoms with Crippen LogP contribution in [0.4, 0.5) is 0 Å². The Morgan fingerprint density at radius 1 is 1.50 bits per heavy atom. The maximum Gasteiger partial charge on any atom is 0.272 e. The van der Waals surface area contributed by atoms with E-state index in [1.165, 1.54) is 0 Å². The second-order valence-electron chi connectivity index (χ2n) is 5.91. The second kappa shape index (κ2) is 5.89. The Morgan fingerprint density at radius 2 is 2.32 bits per heavy atom. The highest BCUT2D eigenvalue weighted by Crippen LogP contribution is 2.36. The Labute approximate surface area is 129 Å². The Kier molecular flexibility index (Phi) is 3.94. The minimum atomic E-state index is -0.356. The van der Waals surface area contributed by atoms with E-state index in [4.69, 9.17) is 6.42 Å². The number of nitrogens with one attached hydrogen (secondary N) is 2. The zero-order chi connectivity index (χ0) is 15.6. The number of hydrogen-bond donors (Lipinski definition) is 2. The van der Waals surface area contributed by atoms with Crippen LogP contribution in [0.2, 0.25) is 0 Å². The van der Waals surface area contributed by atoms with E-state index in [-0.39, 0.29) is 11.6 Å². The first-order valence-corrected chi connectivity index (χ1v) is 7.54. The van der Waals surface area contributed by atoms with Crippen LogP contribution in [0.3, 0.4) is 0 Å². The molecule has 0 aromatic carbocycles. The first-order valence-electron chi connectivity index (χ1n) is 7.54. The second-order valence-corrected chi connectivity index (χ2v) is 5.91. The van der Waals surface area contributed by atoms with Crippen LogP contribution in [0, 0.1) is 12.3 Å². The van der Waals surface area contributed by atoms with Gasteiger partial charge >= 0.3 is 0 Å². The summed E-state index contributed by atoms with van der Waals surface area (Å²) < 4.78 is 0. The first-order chi connectivity index (χ1) is 10.6. The molecule has 22 heavy (non-hydrogen) atoms. The molecule has 116 valence electrons. The van der Waals surface area contributed by atoms with Gasteiger partial charge in [-0.25, -0.2) is 0 Å². The smallest absolute Gasteiger partial charge is 0.272 e. The van der Waals surface area contributed by atoms with E-state index < -0.39 is 0 Å². The van der Waals surface area contributed by atoms with Gasteiger partial charge in [-0.15, -0.1) is 12.3 Å². The molecule has 0 saturated heterocycles. The number of terminal acetylenes is 1. The van der Waals surface area contributed by atoms with Gasteiger partial charge in [0, 0.05) is 56.6 Å². The summed E-state index contributed by atoms with van der Waals surface area (Å²) in [5.74, 6) is 2.46. The molecular formula is C15H20N6O. The van der Waals surface area contributed by atoms with Crippen LogP contribution in [0.15, 0.2) is 10.2 Å². The number of hydrogen-bond acceptors (Lipinski definition) is 5. The van der Waals surface area contributed by atoms with Crippen LogP contribution in [-0.4, -0.2) is 46.8 Å². The van der Waals surface area contributed by atoms with Crippen LogP contribution in [0.5, 0.6) is 0 Å². The van der Waals surface area contributed by atoms with E-state index in [9.17, 15) is 4.79 Å². The zero-order valence-electron chi connectivity index (χ0n) is 12.7. The predicted octanol–water partition coefficient (Wildman–Crippen LogP) is 1.09. The van der Waals surface area contributed by atoms with Gasteiger partial charge in [0.2, 0.25) is 0 Å². The van der Waals surface area contributed by atoms with Gasteiger partial charge in [0.15, 0.2) is 11.4 Å². The Morgan fingerprint density at radius 3 is 3.05 bits per heavy atom. The van der Waals surface area contributed by atoms with Crippen molar-refractivity contribution in [1.29, 1.82) is 0 Å². The number of nitrogens with zero attached hydrogens (tertiary/aromatic N) is 4. The molecule has 1 aromatic rings. The Balaban J connectivity index is 1.53. The monoisotopic (exact) mass is 300 g/mol. The molecular weight excluding hydrogens is 280 g/mol. The molecule has 0 atom stereocenters. The average Bonchev–Trinajstić information content (AvgIpc) is 3.15. The lowest BCUT2D eigenvalue weighted by Crippen LogP contribution is -2.31. The molecule has 2 aliphatic heterocycles. The number of carbonyl (C=O) groups excluding carboxylic acids is 1. The third-order valence-corrected chi connectivity index (χ3v) is 4.20. The summed E-state index contributed by atoms with van der Waals surface area (Å²) in [7, 11) is 2.04. The fourth-order valence-electron chi connectivity index (χ4n) is 2.75. The van der Waals surface area contributed by atoms with Crippen molar-refractivity contribution in [3.05, 3.63) is 17.0 Å². The molecule has 0 fully saturated rings. The number of fused-ring (bicyclic) bond motifs is 1. The summed E-state index contributed by atoms with van der Waals surface area (Å²) in [4.78, 5) is 14.5. The minimum Gasteiger partial charge on any atom is -0.350 e. The summed E-state index contributed by atoms with van der Waals surface area (Å²) in [5, 5.41) is 18.2. The zero-order valence-corrected chi connectivity index (χ0v) is 12.7. The van der Waals surface area contributed by atoms with Gasteiger partial charge in [-0.2, -0.15) is 15.3 Å². The molecule has 0 spiro atoms. The van der Waals surface area contributed by atoms with Gasteiger partial charge in [0.1, 0.15) is 0 Å². The van der Waals surface area contributed by atoms with Crippen molar-refractivity contribution >= 4 is 5.91 Å². The van der Waals surface area contributed by atoms with Crippen molar-refractivity contribution < 1.29 is 4.79 Å². The van der Waals surface area contributed by atoms with Crippen LogP contribution in [0.25, 0.3) is 0 Å². The van der Waals surface area contributed by atoms with E-state index in [2.05, 4.69) is 36.6 Å². The summed E-state index contributed by atoms with van der Waals surface area (Å²) in [6.07, 6.45) is 8.26. The number of H-pyrrole nitrogens is 1. The van der Waals surface area contributed by atoms with Crippen molar-refractivity contribution in [2.75, 3.05) is 20.1 Å². The number of aromatic nitrogens is 2. The largest absolute Gasteiger partial charge is 0.350 e. The van der Waals surface area contributed by atoms with Gasteiger partial charge in [0.25, 0.3) is 5.91 Å². The van der Waals surface area contributed by atoms with E-state index in [1.54, 1.807) is 0 Å². The lowest BCUT2D eigenvalue weighted by molar-refractivity contribution is 0.0945. The Bertz CT molecular complexity index is 635. The highest BCUT2D eigenvalue weighted by atomic mass is 16.1. The molecule has 0 bridgehead atoms. The summed E-state index contributed by atoms with van der Waals surface area (Å²) in [5.41, 5.74) is 2.23. The average molecular weight is 300 g/mol. The maximum absolute atomic E-state index is 12.3. The van der Waals surface area contributed by atoms with Crippen molar-refractivity contribution in [3.63, 3.8) is 0 Å². The molecule has 0 saturated carbocycles. The predicted molar refractivity (Wildman–Crippen MR) is 81.2 cm³/mol. The van der Waals surface area contributed by atoms with E-state index in [0.29, 0.717) is 25.1 Å². The normalized spacial score (nSPS) is 18.5. The van der Waals surface area contributed by atoms with Crippen LogP contribution < -0.4 is 5.32 Å². The molecule has 1 amide bonds. The number of aromatic amines is 1. The molecule has 2 N–H and O–H groups in total. The number of likely N-dealkylation sites (N-methyl/N-ethyl adjacent to an activating group) is 1. The lowest BCUT2D eigenvalue weighted by Gasteiger charge is -2.22. The maximum atomic E-state index is 12.3. The quantitative estimate of drug-likeness (QED) is 0.771. The molecule has 0 unspecified atom stereocenters. The number of rotatable bonds is 6. The summed E-state index contributed by atoms with van der Waals surface area (Å²) >= 11 is 0. The summed E-state index contributed by atoms with van der Waals surface area (Å²) in [6.45, 7) is 2.26. The molecule has 1 aromatic heterocycles. The molecule has 3 heterocycles. The third kappa shape index (κ3) is 3.02. The van der Waals surface area contributed by atoms with Crippen molar-refractivity contribution in [2.24, 2.45) is 10.2 Å². The molecule has 3 rings (SSSR count). The number of amides is 1. The Hall–Kier alpha value is -2.20. The highest BCUT2D eigenvalue weighted by molar-refractivity contribution is 5.94. The first kappa shape index (κ1) is 14.7. The van der Waals surface area contributed by atoms with Gasteiger partial charge < -0.3 is 10.2 Å². The summed E-state index contributed by atoms with van der Waals surface area (Å²) in [6, 6.07) is 0. The van der Waals surface area contributed by atoms with Gasteiger partial charge in [-0.3, -0.25) is 9.89 Å². The molecule has 0 radical (unpaired) electrons. The SMILES string of the molecule is C#CCCC1(CCNC(=O)c2n[nH]c3c2CN(C)CC3)N=N1. The van der Waals surface area contributed by atoms with E-state index >= 15 is 0 Å². The lowest BCUT2D eigenvalue weighted by atomic mass is 10.0. The van der Waals surface area contributed by atoms with E-state index in [1.807, 2.05) is 7.05 Å². The van der Waals surface area contributed by atoms with Crippen LogP contribution in [0.1, 0.15) is 41.0 Å². The van der Waals surface area contributed by atoms with Crippen molar-refractivity contribution in [3.8, 4) is 12.3 Å². The molecule has 7 heteroatoms. The standard InChI is InChI=1S/C15H20N6O/c1-3-4-6-15(19-20-15)7-8-16-14(22)13-11-10-21(2)9-5-12(11)17-18-13/h1H,4-10H2,2H3,(H,16,22)(H,17,18). The van der Waals surface area contributed by atoms with Crippen LogP contribution in [-0.2, 0) is 13.0 Å².